The SMILES string of the molecule is N[C@H]1CCCN(c2ccc3ncc(C4=CC=CC(OC(F)(F)F)C4)n3n2)C1. The van der Waals surface area contributed by atoms with Crippen LogP contribution >= 0.6 is 0 Å². The Morgan fingerprint density at radius 1 is 1.26 bits per heavy atom. The fourth-order valence-electron chi connectivity index (χ4n) is 3.56. The topological polar surface area (TPSA) is 68.7 Å². The van der Waals surface area contributed by atoms with Crippen LogP contribution in [0.15, 0.2) is 36.6 Å². The highest BCUT2D eigenvalue weighted by Crippen LogP contribution is 2.30. The standard InChI is InChI=1S/C18H20F3N5O/c19-18(20,21)27-14-5-1-3-12(9-14)15-10-23-16-6-7-17(24-26(15)16)25-8-2-4-13(22)11-25/h1,3,5-7,10,13-14H,2,4,8-9,11,22H2/t13-,14?/m0/s1. The van der Waals surface area contributed by atoms with Crippen LogP contribution < -0.4 is 10.6 Å². The third-order valence-corrected chi connectivity index (χ3v) is 4.79. The Morgan fingerprint density at radius 2 is 2.11 bits per heavy atom. The van der Waals surface area contributed by atoms with E-state index in [9.17, 15) is 13.2 Å². The van der Waals surface area contributed by atoms with Gasteiger partial charge in [-0.1, -0.05) is 18.2 Å². The van der Waals surface area contributed by atoms with Crippen LogP contribution in [0.2, 0.25) is 0 Å². The fourth-order valence-corrected chi connectivity index (χ4v) is 3.56. The number of allylic oxidation sites excluding steroid dienone is 2. The van der Waals surface area contributed by atoms with E-state index in [1.165, 1.54) is 6.08 Å². The zero-order chi connectivity index (χ0) is 19.0. The third-order valence-electron chi connectivity index (χ3n) is 4.79. The second-order valence-corrected chi connectivity index (χ2v) is 6.84. The molecule has 9 heteroatoms. The highest BCUT2D eigenvalue weighted by Gasteiger charge is 2.33. The number of halogens is 3. The lowest BCUT2D eigenvalue weighted by Crippen LogP contribution is -2.43. The van der Waals surface area contributed by atoms with E-state index in [0.717, 1.165) is 31.7 Å². The summed E-state index contributed by atoms with van der Waals surface area (Å²) in [6.45, 7) is 1.61. The van der Waals surface area contributed by atoms with Crippen molar-refractivity contribution in [1.82, 2.24) is 14.6 Å². The molecule has 0 saturated carbocycles. The third kappa shape index (κ3) is 3.98. The van der Waals surface area contributed by atoms with E-state index in [-0.39, 0.29) is 12.5 Å². The van der Waals surface area contributed by atoms with Gasteiger partial charge in [0, 0.05) is 25.6 Å². The lowest BCUT2D eigenvalue weighted by atomic mass is 10.0. The number of rotatable bonds is 3. The van der Waals surface area contributed by atoms with Gasteiger partial charge in [0.1, 0.15) is 5.82 Å². The maximum atomic E-state index is 12.5. The van der Waals surface area contributed by atoms with Gasteiger partial charge in [-0.25, -0.2) is 9.50 Å². The molecule has 1 aliphatic heterocycles. The first-order chi connectivity index (χ1) is 12.9. The van der Waals surface area contributed by atoms with Gasteiger partial charge in [0.05, 0.1) is 18.0 Å². The molecule has 144 valence electrons. The van der Waals surface area contributed by atoms with Crippen molar-refractivity contribution in [3.63, 3.8) is 0 Å². The Bertz CT molecular complexity index is 889. The average molecular weight is 379 g/mol. The summed E-state index contributed by atoms with van der Waals surface area (Å²) in [7, 11) is 0. The zero-order valence-electron chi connectivity index (χ0n) is 14.6. The van der Waals surface area contributed by atoms with Gasteiger partial charge in [-0.15, -0.1) is 18.3 Å². The molecule has 2 N–H and O–H groups in total. The minimum atomic E-state index is -4.67. The maximum absolute atomic E-state index is 12.5. The van der Waals surface area contributed by atoms with E-state index in [1.807, 2.05) is 12.1 Å². The number of ether oxygens (including phenoxy) is 1. The molecule has 0 bridgehead atoms. The first-order valence-corrected chi connectivity index (χ1v) is 8.87. The summed E-state index contributed by atoms with van der Waals surface area (Å²) in [4.78, 5) is 6.45. The highest BCUT2D eigenvalue weighted by atomic mass is 19.4. The molecule has 1 unspecified atom stereocenters. The van der Waals surface area contributed by atoms with Crippen LogP contribution in [-0.4, -0.2) is 46.2 Å². The molecule has 2 aliphatic rings. The molecule has 27 heavy (non-hydrogen) atoms. The van der Waals surface area contributed by atoms with Crippen molar-refractivity contribution in [2.45, 2.75) is 37.8 Å². The maximum Gasteiger partial charge on any atom is 0.523 e. The molecule has 2 aromatic rings. The molecular weight excluding hydrogens is 359 g/mol. The molecule has 1 saturated heterocycles. The summed E-state index contributed by atoms with van der Waals surface area (Å²) in [5, 5.41) is 4.66. The molecule has 6 nitrogen and oxygen atoms in total. The summed E-state index contributed by atoms with van der Waals surface area (Å²) < 4.78 is 43.4. The molecule has 1 fully saturated rings. The molecule has 2 atom stereocenters. The molecule has 2 aromatic heterocycles. The first kappa shape index (κ1) is 18.0. The Kier molecular flexibility index (Phi) is 4.65. The van der Waals surface area contributed by atoms with Crippen molar-refractivity contribution < 1.29 is 17.9 Å². The Labute approximate surface area is 154 Å². The number of hydrogen-bond donors (Lipinski definition) is 1. The van der Waals surface area contributed by atoms with Crippen LogP contribution in [0.1, 0.15) is 25.0 Å². The van der Waals surface area contributed by atoms with Crippen molar-refractivity contribution in [3.8, 4) is 0 Å². The number of nitrogens with two attached hydrogens (primary N) is 1. The quantitative estimate of drug-likeness (QED) is 0.888. The lowest BCUT2D eigenvalue weighted by Gasteiger charge is -2.31. The second-order valence-electron chi connectivity index (χ2n) is 6.84. The van der Waals surface area contributed by atoms with Gasteiger partial charge in [-0.2, -0.15) is 0 Å². The first-order valence-electron chi connectivity index (χ1n) is 8.87. The van der Waals surface area contributed by atoms with E-state index in [2.05, 4.69) is 19.7 Å². The van der Waals surface area contributed by atoms with Gasteiger partial charge in [0.25, 0.3) is 0 Å². The number of alkyl halides is 3. The van der Waals surface area contributed by atoms with Crippen LogP contribution in [0.5, 0.6) is 0 Å². The molecule has 0 spiro atoms. The molecule has 3 heterocycles. The molecular formula is C18H20F3N5O. The van der Waals surface area contributed by atoms with E-state index >= 15 is 0 Å². The normalized spacial score (nSPS) is 23.7. The van der Waals surface area contributed by atoms with Gasteiger partial charge in [0.15, 0.2) is 5.65 Å². The summed E-state index contributed by atoms with van der Waals surface area (Å²) in [5.41, 5.74) is 8.05. The second kappa shape index (κ2) is 6.97. The minimum absolute atomic E-state index is 0.101. The average Bonchev–Trinajstić information content (AvgIpc) is 3.03. The Balaban J connectivity index is 1.61. The number of anilines is 1. The van der Waals surface area contributed by atoms with Crippen molar-refractivity contribution in [3.05, 3.63) is 42.3 Å². The van der Waals surface area contributed by atoms with E-state index < -0.39 is 12.5 Å². The molecule has 1 aliphatic carbocycles. The monoisotopic (exact) mass is 379 g/mol. The van der Waals surface area contributed by atoms with Crippen LogP contribution in [0.25, 0.3) is 11.2 Å². The van der Waals surface area contributed by atoms with Gasteiger partial charge in [-0.3, -0.25) is 4.74 Å². The highest BCUT2D eigenvalue weighted by molar-refractivity contribution is 5.68. The largest absolute Gasteiger partial charge is 0.523 e. The zero-order valence-corrected chi connectivity index (χ0v) is 14.6. The van der Waals surface area contributed by atoms with Crippen molar-refractivity contribution in [1.29, 1.82) is 0 Å². The van der Waals surface area contributed by atoms with Crippen molar-refractivity contribution >= 4 is 17.0 Å². The predicted octanol–water partition coefficient (Wildman–Crippen LogP) is 2.91. The van der Waals surface area contributed by atoms with Gasteiger partial charge < -0.3 is 10.6 Å². The predicted molar refractivity (Wildman–Crippen MR) is 95.1 cm³/mol. The van der Waals surface area contributed by atoms with E-state index in [0.29, 0.717) is 16.9 Å². The smallest absolute Gasteiger partial charge is 0.354 e. The van der Waals surface area contributed by atoms with E-state index in [4.69, 9.17) is 5.73 Å². The van der Waals surface area contributed by atoms with Crippen LogP contribution in [-0.2, 0) is 4.74 Å². The van der Waals surface area contributed by atoms with Crippen LogP contribution in [0.3, 0.4) is 0 Å². The Hall–Kier alpha value is -2.39. The number of fused-ring (bicyclic) bond motifs is 1. The Morgan fingerprint density at radius 3 is 2.89 bits per heavy atom. The summed E-state index contributed by atoms with van der Waals surface area (Å²) >= 11 is 0. The number of aromatic nitrogens is 3. The summed E-state index contributed by atoms with van der Waals surface area (Å²) in [6, 6.07) is 3.87. The van der Waals surface area contributed by atoms with Crippen LogP contribution in [0, 0.1) is 0 Å². The minimum Gasteiger partial charge on any atom is -0.354 e. The van der Waals surface area contributed by atoms with E-state index in [1.54, 1.807) is 22.9 Å². The molecule has 0 radical (unpaired) electrons. The number of piperidine rings is 1. The number of imidazole rings is 1. The van der Waals surface area contributed by atoms with Gasteiger partial charge >= 0.3 is 6.36 Å². The van der Waals surface area contributed by atoms with Crippen LogP contribution in [0.4, 0.5) is 19.0 Å². The lowest BCUT2D eigenvalue weighted by molar-refractivity contribution is -0.335. The summed E-state index contributed by atoms with van der Waals surface area (Å²) in [6.07, 6.45) is 2.74. The number of hydrogen-bond acceptors (Lipinski definition) is 5. The fraction of sp³-hybridized carbons (Fsp3) is 0.444. The van der Waals surface area contributed by atoms with Crippen molar-refractivity contribution in [2.24, 2.45) is 5.73 Å². The van der Waals surface area contributed by atoms with Crippen molar-refractivity contribution in [2.75, 3.05) is 18.0 Å². The van der Waals surface area contributed by atoms with Gasteiger partial charge in [-0.05, 0) is 30.5 Å². The molecule has 0 aromatic carbocycles. The molecule has 4 rings (SSSR count). The number of nitrogens with zero attached hydrogens (tertiary/aromatic N) is 4. The van der Waals surface area contributed by atoms with Gasteiger partial charge in [0.2, 0.25) is 0 Å². The summed E-state index contributed by atoms with van der Waals surface area (Å²) in [5.74, 6) is 0.784. The molecule has 0 amide bonds.